The van der Waals surface area contributed by atoms with Crippen molar-refractivity contribution in [2.45, 2.75) is 19.4 Å². The highest BCUT2D eigenvalue weighted by Crippen LogP contribution is 2.14. The Morgan fingerprint density at radius 3 is 2.78 bits per heavy atom. The molecule has 1 heterocycles. The number of methoxy groups -OCH3 is 1. The maximum atomic E-state index is 4.95. The van der Waals surface area contributed by atoms with Crippen LogP contribution in [-0.2, 0) is 4.74 Å². The standard InChI is InChI=1S/C7H15NO/c1-7-3-4-8(7)5-6-9-2/h7H,3-6H2,1-2H3/t7-/m0/s1. The Bertz CT molecular complexity index is 85.0. The maximum Gasteiger partial charge on any atom is 0.0589 e. The van der Waals surface area contributed by atoms with Crippen LogP contribution in [0.15, 0.2) is 0 Å². The van der Waals surface area contributed by atoms with Crippen molar-refractivity contribution in [2.24, 2.45) is 0 Å². The third-order valence-electron chi connectivity index (χ3n) is 2.04. The molecule has 1 fully saturated rings. The van der Waals surface area contributed by atoms with E-state index >= 15 is 0 Å². The second-order valence-corrected chi connectivity index (χ2v) is 2.67. The fourth-order valence-electron chi connectivity index (χ4n) is 1.11. The van der Waals surface area contributed by atoms with Gasteiger partial charge in [0.15, 0.2) is 0 Å². The van der Waals surface area contributed by atoms with Gasteiger partial charge >= 0.3 is 0 Å². The first kappa shape index (κ1) is 7.03. The second-order valence-electron chi connectivity index (χ2n) is 2.67. The van der Waals surface area contributed by atoms with Crippen molar-refractivity contribution in [3.8, 4) is 0 Å². The van der Waals surface area contributed by atoms with Crippen molar-refractivity contribution in [1.82, 2.24) is 4.90 Å². The van der Waals surface area contributed by atoms with Crippen LogP contribution in [0, 0.1) is 0 Å². The van der Waals surface area contributed by atoms with Crippen LogP contribution in [0.4, 0.5) is 0 Å². The van der Waals surface area contributed by atoms with E-state index in [9.17, 15) is 0 Å². The molecule has 0 N–H and O–H groups in total. The van der Waals surface area contributed by atoms with Crippen LogP contribution in [-0.4, -0.2) is 37.7 Å². The van der Waals surface area contributed by atoms with Gasteiger partial charge in [-0.3, -0.25) is 4.90 Å². The van der Waals surface area contributed by atoms with Crippen LogP contribution < -0.4 is 0 Å². The topological polar surface area (TPSA) is 12.5 Å². The monoisotopic (exact) mass is 129 g/mol. The van der Waals surface area contributed by atoms with Gasteiger partial charge in [0, 0.05) is 19.7 Å². The quantitative estimate of drug-likeness (QED) is 0.557. The van der Waals surface area contributed by atoms with Gasteiger partial charge in [0.05, 0.1) is 6.61 Å². The molecule has 1 saturated heterocycles. The normalized spacial score (nSPS) is 28.0. The minimum atomic E-state index is 0.806. The minimum absolute atomic E-state index is 0.806. The molecule has 9 heavy (non-hydrogen) atoms. The summed E-state index contributed by atoms with van der Waals surface area (Å²) in [5.74, 6) is 0. The van der Waals surface area contributed by atoms with Crippen molar-refractivity contribution >= 4 is 0 Å². The van der Waals surface area contributed by atoms with Gasteiger partial charge in [0.2, 0.25) is 0 Å². The average Bonchev–Trinajstić information content (AvgIpc) is 1.86. The van der Waals surface area contributed by atoms with E-state index in [0.717, 1.165) is 19.2 Å². The average molecular weight is 129 g/mol. The van der Waals surface area contributed by atoms with Gasteiger partial charge in [0.1, 0.15) is 0 Å². The number of hydrogen-bond donors (Lipinski definition) is 0. The smallest absolute Gasteiger partial charge is 0.0589 e. The predicted octanol–water partition coefficient (Wildman–Crippen LogP) is 0.727. The number of ether oxygens (including phenoxy) is 1. The highest BCUT2D eigenvalue weighted by Gasteiger charge is 2.21. The van der Waals surface area contributed by atoms with Gasteiger partial charge in [-0.2, -0.15) is 0 Å². The first-order valence-electron chi connectivity index (χ1n) is 3.57. The molecule has 0 spiro atoms. The van der Waals surface area contributed by atoms with E-state index in [1.807, 2.05) is 0 Å². The largest absolute Gasteiger partial charge is 0.383 e. The van der Waals surface area contributed by atoms with E-state index in [2.05, 4.69) is 11.8 Å². The lowest BCUT2D eigenvalue weighted by atomic mass is 10.1. The fourth-order valence-corrected chi connectivity index (χ4v) is 1.11. The summed E-state index contributed by atoms with van der Waals surface area (Å²) in [4.78, 5) is 2.43. The lowest BCUT2D eigenvalue weighted by Crippen LogP contribution is -2.46. The summed E-state index contributed by atoms with van der Waals surface area (Å²) in [6.45, 7) is 5.52. The maximum absolute atomic E-state index is 4.95. The molecule has 0 aromatic carbocycles. The number of hydrogen-bond acceptors (Lipinski definition) is 2. The molecule has 1 atom stereocenters. The van der Waals surface area contributed by atoms with Gasteiger partial charge in [-0.05, 0) is 19.9 Å². The van der Waals surface area contributed by atoms with E-state index in [1.165, 1.54) is 13.0 Å². The van der Waals surface area contributed by atoms with E-state index in [4.69, 9.17) is 4.74 Å². The summed E-state index contributed by atoms with van der Waals surface area (Å²) < 4.78 is 4.95. The molecular weight excluding hydrogens is 114 g/mol. The number of likely N-dealkylation sites (tertiary alicyclic amines) is 1. The molecule has 0 saturated carbocycles. The summed E-state index contributed by atoms with van der Waals surface area (Å²) in [5, 5.41) is 0. The molecule has 0 aromatic rings. The third kappa shape index (κ3) is 1.66. The molecule has 1 aliphatic heterocycles. The van der Waals surface area contributed by atoms with Gasteiger partial charge in [0.25, 0.3) is 0 Å². The Morgan fingerprint density at radius 1 is 1.67 bits per heavy atom. The van der Waals surface area contributed by atoms with Gasteiger partial charge in [-0.15, -0.1) is 0 Å². The summed E-state index contributed by atoms with van der Waals surface area (Å²) in [6.07, 6.45) is 1.36. The van der Waals surface area contributed by atoms with E-state index in [0.29, 0.717) is 0 Å². The van der Waals surface area contributed by atoms with E-state index < -0.39 is 0 Å². The van der Waals surface area contributed by atoms with Crippen LogP contribution in [0.3, 0.4) is 0 Å². The molecule has 2 nitrogen and oxygen atoms in total. The summed E-state index contributed by atoms with van der Waals surface area (Å²) in [5.41, 5.74) is 0. The highest BCUT2D eigenvalue weighted by atomic mass is 16.5. The molecule has 0 aromatic heterocycles. The first-order chi connectivity index (χ1) is 4.34. The molecule has 0 bridgehead atoms. The zero-order valence-corrected chi connectivity index (χ0v) is 6.26. The minimum Gasteiger partial charge on any atom is -0.383 e. The molecule has 1 aliphatic rings. The summed E-state index contributed by atoms with van der Waals surface area (Å²) in [6, 6.07) is 0.806. The van der Waals surface area contributed by atoms with Crippen LogP contribution >= 0.6 is 0 Å². The van der Waals surface area contributed by atoms with Crippen LogP contribution in [0.25, 0.3) is 0 Å². The fraction of sp³-hybridized carbons (Fsp3) is 1.00. The zero-order valence-electron chi connectivity index (χ0n) is 6.26. The molecule has 2 heteroatoms. The highest BCUT2D eigenvalue weighted by molar-refractivity contribution is 4.77. The molecule has 0 aliphatic carbocycles. The number of rotatable bonds is 3. The SMILES string of the molecule is COCCN1CC[C@@H]1C. The van der Waals surface area contributed by atoms with Crippen molar-refractivity contribution in [3.63, 3.8) is 0 Å². The van der Waals surface area contributed by atoms with Crippen LogP contribution in [0.2, 0.25) is 0 Å². The van der Waals surface area contributed by atoms with Gasteiger partial charge in [-0.1, -0.05) is 0 Å². The van der Waals surface area contributed by atoms with Crippen molar-refractivity contribution in [3.05, 3.63) is 0 Å². The first-order valence-corrected chi connectivity index (χ1v) is 3.57. The van der Waals surface area contributed by atoms with E-state index in [-0.39, 0.29) is 0 Å². The van der Waals surface area contributed by atoms with Crippen molar-refractivity contribution < 1.29 is 4.74 Å². The summed E-state index contributed by atoms with van der Waals surface area (Å²) >= 11 is 0. The Hall–Kier alpha value is -0.0800. The van der Waals surface area contributed by atoms with Crippen LogP contribution in [0.1, 0.15) is 13.3 Å². The van der Waals surface area contributed by atoms with Crippen molar-refractivity contribution in [1.29, 1.82) is 0 Å². The number of nitrogens with zero attached hydrogens (tertiary/aromatic N) is 1. The lowest BCUT2D eigenvalue weighted by molar-refractivity contribution is 0.0654. The zero-order chi connectivity index (χ0) is 6.69. The lowest BCUT2D eigenvalue weighted by Gasteiger charge is -2.38. The molecule has 54 valence electrons. The van der Waals surface area contributed by atoms with Gasteiger partial charge < -0.3 is 4.74 Å². The van der Waals surface area contributed by atoms with E-state index in [1.54, 1.807) is 7.11 Å². The van der Waals surface area contributed by atoms with Gasteiger partial charge in [-0.25, -0.2) is 0 Å². The Kier molecular flexibility index (Phi) is 2.49. The Balaban J connectivity index is 1.99. The molecule has 0 amide bonds. The Morgan fingerprint density at radius 2 is 2.44 bits per heavy atom. The predicted molar refractivity (Wildman–Crippen MR) is 37.5 cm³/mol. The molecular formula is C7H15NO. The second kappa shape index (κ2) is 3.18. The van der Waals surface area contributed by atoms with Crippen LogP contribution in [0.5, 0.6) is 0 Å². The third-order valence-corrected chi connectivity index (χ3v) is 2.04. The molecule has 0 radical (unpaired) electrons. The molecule has 0 unspecified atom stereocenters. The Labute approximate surface area is 56.8 Å². The molecule has 1 rings (SSSR count). The summed E-state index contributed by atoms with van der Waals surface area (Å²) in [7, 11) is 1.75. The van der Waals surface area contributed by atoms with Crippen molar-refractivity contribution in [2.75, 3.05) is 26.8 Å².